The minimum atomic E-state index is -1.10. The largest absolute Gasteiger partial charge is 0.478 e. The number of aromatic carboxylic acids is 1. The molecule has 128 valence electrons. The lowest BCUT2D eigenvalue weighted by molar-refractivity contribution is 0.0240. The summed E-state index contributed by atoms with van der Waals surface area (Å²) >= 11 is 0. The van der Waals surface area contributed by atoms with Gasteiger partial charge in [0.05, 0.1) is 5.69 Å². The Hall–Kier alpha value is -2.82. The van der Waals surface area contributed by atoms with Gasteiger partial charge in [-0.3, -0.25) is 0 Å². The maximum absolute atomic E-state index is 12.1. The van der Waals surface area contributed by atoms with Crippen molar-refractivity contribution in [3.8, 4) is 6.07 Å². The third kappa shape index (κ3) is 4.13. The van der Waals surface area contributed by atoms with Crippen molar-refractivity contribution in [3.63, 3.8) is 0 Å². The van der Waals surface area contributed by atoms with Crippen LogP contribution in [0.5, 0.6) is 0 Å². The average molecular weight is 332 g/mol. The summed E-state index contributed by atoms with van der Waals surface area (Å²) in [6, 6.07) is 3.37. The lowest BCUT2D eigenvalue weighted by Crippen LogP contribution is -2.50. The number of carboxylic acids is 1. The summed E-state index contributed by atoms with van der Waals surface area (Å²) in [5.41, 5.74) is 0.0829. The minimum absolute atomic E-state index is 0.0414. The summed E-state index contributed by atoms with van der Waals surface area (Å²) in [5, 5.41) is 18.3. The van der Waals surface area contributed by atoms with Gasteiger partial charge in [0.2, 0.25) is 0 Å². The van der Waals surface area contributed by atoms with E-state index in [4.69, 9.17) is 10.00 Å². The molecule has 0 radical (unpaired) electrons. The van der Waals surface area contributed by atoms with Crippen LogP contribution >= 0.6 is 0 Å². The van der Waals surface area contributed by atoms with Crippen LogP contribution in [0.3, 0.4) is 0 Å². The first-order chi connectivity index (χ1) is 11.2. The van der Waals surface area contributed by atoms with Gasteiger partial charge in [0, 0.05) is 32.4 Å². The Labute approximate surface area is 140 Å². The predicted molar refractivity (Wildman–Crippen MR) is 85.9 cm³/mol. The number of carboxylic acid groups (broad SMARTS) is 1. The number of carbonyl (C=O) groups excluding carboxylic acids is 1. The summed E-state index contributed by atoms with van der Waals surface area (Å²) in [6.45, 7) is 7.15. The van der Waals surface area contributed by atoms with E-state index < -0.39 is 11.6 Å². The standard InChI is InChI=1S/C16H20N4O4/c1-16(2,3)24-15(23)20-6-4-19(5-7-20)13-8-11(9-17)18-10-12(13)14(21)22/h8,10H,4-7H2,1-3H3,(H,21,22). The van der Waals surface area contributed by atoms with E-state index in [1.165, 1.54) is 12.3 Å². The number of hydrogen-bond donors (Lipinski definition) is 1. The molecule has 0 aliphatic carbocycles. The quantitative estimate of drug-likeness (QED) is 0.878. The van der Waals surface area contributed by atoms with Gasteiger partial charge in [-0.2, -0.15) is 5.26 Å². The Kier molecular flexibility index (Phi) is 4.93. The molecule has 2 heterocycles. The molecule has 0 unspecified atom stereocenters. The summed E-state index contributed by atoms with van der Waals surface area (Å²) in [7, 11) is 0. The van der Waals surface area contributed by atoms with Crippen LogP contribution in [-0.2, 0) is 4.74 Å². The number of rotatable bonds is 2. The smallest absolute Gasteiger partial charge is 0.410 e. The molecule has 0 aromatic carbocycles. The molecule has 1 saturated heterocycles. The second-order valence-electron chi connectivity index (χ2n) is 6.46. The molecule has 0 spiro atoms. The first kappa shape index (κ1) is 17.5. The number of aromatic nitrogens is 1. The molecular weight excluding hydrogens is 312 g/mol. The summed E-state index contributed by atoms with van der Waals surface area (Å²) in [6.07, 6.45) is 0.809. The van der Waals surface area contributed by atoms with Crippen LogP contribution in [0.4, 0.5) is 10.5 Å². The van der Waals surface area contributed by atoms with Crippen molar-refractivity contribution in [1.29, 1.82) is 5.26 Å². The molecule has 8 heteroatoms. The summed E-state index contributed by atoms with van der Waals surface area (Å²) in [5.74, 6) is -1.10. The van der Waals surface area contributed by atoms with E-state index in [9.17, 15) is 14.7 Å². The van der Waals surface area contributed by atoms with E-state index in [2.05, 4.69) is 4.98 Å². The van der Waals surface area contributed by atoms with Crippen molar-refractivity contribution < 1.29 is 19.4 Å². The molecule has 1 aromatic rings. The molecule has 1 N–H and O–H groups in total. The fourth-order valence-corrected chi connectivity index (χ4v) is 2.39. The van der Waals surface area contributed by atoms with Crippen molar-refractivity contribution >= 4 is 17.7 Å². The van der Waals surface area contributed by atoms with Crippen LogP contribution in [0.15, 0.2) is 12.3 Å². The molecule has 1 aliphatic rings. The van der Waals surface area contributed by atoms with Gasteiger partial charge in [0.15, 0.2) is 0 Å². The summed E-state index contributed by atoms with van der Waals surface area (Å²) < 4.78 is 5.34. The van der Waals surface area contributed by atoms with E-state index in [1.807, 2.05) is 11.0 Å². The van der Waals surface area contributed by atoms with Crippen molar-refractivity contribution in [2.75, 3.05) is 31.1 Å². The van der Waals surface area contributed by atoms with Crippen molar-refractivity contribution in [3.05, 3.63) is 23.5 Å². The Balaban J connectivity index is 2.11. The van der Waals surface area contributed by atoms with E-state index in [1.54, 1.807) is 25.7 Å². The number of nitriles is 1. The number of ether oxygens (including phenoxy) is 1. The Morgan fingerprint density at radius 2 is 1.92 bits per heavy atom. The van der Waals surface area contributed by atoms with Gasteiger partial charge in [0.25, 0.3) is 0 Å². The van der Waals surface area contributed by atoms with Crippen molar-refractivity contribution in [2.45, 2.75) is 26.4 Å². The van der Waals surface area contributed by atoms with Crippen LogP contribution in [0, 0.1) is 11.3 Å². The van der Waals surface area contributed by atoms with Gasteiger partial charge in [-0.05, 0) is 26.8 Å². The number of anilines is 1. The molecular formula is C16H20N4O4. The second-order valence-corrected chi connectivity index (χ2v) is 6.46. The van der Waals surface area contributed by atoms with Crippen LogP contribution in [0.25, 0.3) is 0 Å². The lowest BCUT2D eigenvalue weighted by Gasteiger charge is -2.37. The highest BCUT2D eigenvalue weighted by atomic mass is 16.6. The zero-order valence-electron chi connectivity index (χ0n) is 13.9. The number of pyridine rings is 1. The van der Waals surface area contributed by atoms with Gasteiger partial charge in [-0.25, -0.2) is 14.6 Å². The molecule has 1 aromatic heterocycles. The Bertz CT molecular complexity index is 682. The van der Waals surface area contributed by atoms with Crippen LogP contribution in [-0.4, -0.2) is 58.8 Å². The van der Waals surface area contributed by atoms with E-state index in [-0.39, 0.29) is 17.4 Å². The molecule has 0 bridgehead atoms. The molecule has 1 aliphatic heterocycles. The van der Waals surface area contributed by atoms with Crippen molar-refractivity contribution in [2.24, 2.45) is 0 Å². The molecule has 24 heavy (non-hydrogen) atoms. The molecule has 8 nitrogen and oxygen atoms in total. The number of carbonyl (C=O) groups is 2. The first-order valence-electron chi connectivity index (χ1n) is 7.57. The molecule has 1 fully saturated rings. The highest BCUT2D eigenvalue weighted by Crippen LogP contribution is 2.23. The van der Waals surface area contributed by atoms with Gasteiger partial charge in [-0.15, -0.1) is 0 Å². The SMILES string of the molecule is CC(C)(C)OC(=O)N1CCN(c2cc(C#N)ncc2C(=O)O)CC1. The van der Waals surface area contributed by atoms with Crippen LogP contribution in [0.1, 0.15) is 36.8 Å². The third-order valence-corrected chi connectivity index (χ3v) is 3.50. The number of amides is 1. The molecule has 2 rings (SSSR count). The van der Waals surface area contributed by atoms with Crippen molar-refractivity contribution in [1.82, 2.24) is 9.88 Å². The summed E-state index contributed by atoms with van der Waals surface area (Å²) in [4.78, 5) is 30.7. The van der Waals surface area contributed by atoms with E-state index >= 15 is 0 Å². The maximum Gasteiger partial charge on any atom is 0.410 e. The van der Waals surface area contributed by atoms with Gasteiger partial charge >= 0.3 is 12.1 Å². The number of hydrogen-bond acceptors (Lipinski definition) is 6. The Morgan fingerprint density at radius 1 is 1.29 bits per heavy atom. The molecule has 1 amide bonds. The fraction of sp³-hybridized carbons (Fsp3) is 0.500. The average Bonchev–Trinajstić information content (AvgIpc) is 2.52. The normalized spacial score (nSPS) is 14.9. The van der Waals surface area contributed by atoms with Gasteiger partial charge in [-0.1, -0.05) is 0 Å². The van der Waals surface area contributed by atoms with Crippen LogP contribution < -0.4 is 4.90 Å². The van der Waals surface area contributed by atoms with E-state index in [0.29, 0.717) is 31.9 Å². The monoisotopic (exact) mass is 332 g/mol. The zero-order chi connectivity index (χ0) is 17.9. The van der Waals surface area contributed by atoms with Crippen LogP contribution in [0.2, 0.25) is 0 Å². The fourth-order valence-electron chi connectivity index (χ4n) is 2.39. The molecule has 0 saturated carbocycles. The van der Waals surface area contributed by atoms with Gasteiger partial charge in [0.1, 0.15) is 22.9 Å². The highest BCUT2D eigenvalue weighted by molar-refractivity contribution is 5.94. The topological polar surface area (TPSA) is 107 Å². The number of piperazine rings is 1. The van der Waals surface area contributed by atoms with Gasteiger partial charge < -0.3 is 19.6 Å². The first-order valence-corrected chi connectivity index (χ1v) is 7.57. The highest BCUT2D eigenvalue weighted by Gasteiger charge is 2.27. The maximum atomic E-state index is 12.1. The molecule has 0 atom stereocenters. The second kappa shape index (κ2) is 6.74. The number of nitrogens with zero attached hydrogens (tertiary/aromatic N) is 4. The predicted octanol–water partition coefficient (Wildman–Crippen LogP) is 1.71. The third-order valence-electron chi connectivity index (χ3n) is 3.50. The van der Waals surface area contributed by atoms with E-state index in [0.717, 1.165) is 0 Å². The Morgan fingerprint density at radius 3 is 2.42 bits per heavy atom. The zero-order valence-corrected chi connectivity index (χ0v) is 13.9. The lowest BCUT2D eigenvalue weighted by atomic mass is 10.1. The minimum Gasteiger partial charge on any atom is -0.478 e.